The zero-order chi connectivity index (χ0) is 22.4. The van der Waals surface area contributed by atoms with Crippen molar-refractivity contribution in [2.45, 2.75) is 30.4 Å². The summed E-state index contributed by atoms with van der Waals surface area (Å²) in [7, 11) is 0. The summed E-state index contributed by atoms with van der Waals surface area (Å²) >= 11 is 2.77. The molecule has 0 saturated heterocycles. The summed E-state index contributed by atoms with van der Waals surface area (Å²) in [5, 5.41) is 18.6. The van der Waals surface area contributed by atoms with Crippen molar-refractivity contribution in [2.24, 2.45) is 0 Å². The van der Waals surface area contributed by atoms with Crippen LogP contribution in [-0.4, -0.2) is 27.0 Å². The molecule has 0 radical (unpaired) electrons. The summed E-state index contributed by atoms with van der Waals surface area (Å²) in [4.78, 5) is 40.5. The highest BCUT2D eigenvalue weighted by Gasteiger charge is 2.19. The lowest BCUT2D eigenvalue weighted by Gasteiger charge is -2.14. The Kier molecular flexibility index (Phi) is 7.37. The van der Waals surface area contributed by atoms with E-state index in [0.717, 1.165) is 10.6 Å². The predicted molar refractivity (Wildman–Crippen MR) is 123 cm³/mol. The number of amides is 2. The van der Waals surface area contributed by atoms with Crippen molar-refractivity contribution in [1.82, 2.24) is 4.98 Å². The highest BCUT2D eigenvalue weighted by molar-refractivity contribution is 8.00. The van der Waals surface area contributed by atoms with E-state index in [4.69, 9.17) is 0 Å². The Balaban J connectivity index is 1.67. The van der Waals surface area contributed by atoms with Crippen molar-refractivity contribution in [3.63, 3.8) is 0 Å². The van der Waals surface area contributed by atoms with Crippen LogP contribution in [0.2, 0.25) is 0 Å². The number of anilines is 2. The number of non-ortho nitro benzene ring substituents is 1. The fourth-order valence-corrected chi connectivity index (χ4v) is 4.40. The van der Waals surface area contributed by atoms with Crippen molar-refractivity contribution < 1.29 is 14.5 Å². The zero-order valence-electron chi connectivity index (χ0n) is 16.8. The van der Waals surface area contributed by atoms with Gasteiger partial charge in [-0.05, 0) is 37.6 Å². The number of aryl methyl sites for hydroxylation is 1. The number of benzene rings is 2. The van der Waals surface area contributed by atoms with Crippen molar-refractivity contribution in [1.29, 1.82) is 0 Å². The Morgan fingerprint density at radius 3 is 2.65 bits per heavy atom. The van der Waals surface area contributed by atoms with Crippen molar-refractivity contribution >= 4 is 51.4 Å². The summed E-state index contributed by atoms with van der Waals surface area (Å²) in [6, 6.07) is 12.7. The van der Waals surface area contributed by atoms with Crippen LogP contribution in [0.3, 0.4) is 0 Å². The molecule has 1 atom stereocenters. The maximum atomic E-state index is 12.6. The van der Waals surface area contributed by atoms with E-state index in [1.165, 1.54) is 47.4 Å². The van der Waals surface area contributed by atoms with Gasteiger partial charge in [0, 0.05) is 33.7 Å². The Labute approximate surface area is 187 Å². The summed E-state index contributed by atoms with van der Waals surface area (Å²) < 4.78 is 0. The minimum absolute atomic E-state index is 0.132. The van der Waals surface area contributed by atoms with E-state index in [9.17, 15) is 19.7 Å². The van der Waals surface area contributed by atoms with Gasteiger partial charge in [-0.25, -0.2) is 4.98 Å². The lowest BCUT2D eigenvalue weighted by atomic mass is 10.2. The molecule has 2 N–H and O–H groups in total. The molecule has 2 amide bonds. The van der Waals surface area contributed by atoms with Gasteiger partial charge in [-0.2, -0.15) is 0 Å². The fourth-order valence-electron chi connectivity index (χ4n) is 2.69. The van der Waals surface area contributed by atoms with E-state index in [1.807, 2.05) is 25.3 Å². The normalized spacial score (nSPS) is 11.5. The van der Waals surface area contributed by atoms with Crippen LogP contribution < -0.4 is 10.6 Å². The van der Waals surface area contributed by atoms with Crippen LogP contribution in [0, 0.1) is 17.0 Å². The molecule has 160 valence electrons. The Morgan fingerprint density at radius 2 is 1.97 bits per heavy atom. The van der Waals surface area contributed by atoms with Gasteiger partial charge < -0.3 is 10.6 Å². The van der Waals surface area contributed by atoms with Gasteiger partial charge in [-0.3, -0.25) is 19.7 Å². The zero-order valence-corrected chi connectivity index (χ0v) is 18.5. The summed E-state index contributed by atoms with van der Waals surface area (Å²) in [5.74, 6) is -0.581. The number of nitro groups is 1. The molecule has 0 bridgehead atoms. The molecule has 1 aromatic heterocycles. The van der Waals surface area contributed by atoms with Gasteiger partial charge >= 0.3 is 0 Å². The first kappa shape index (κ1) is 22.4. The molecule has 8 nitrogen and oxygen atoms in total. The smallest absolute Gasteiger partial charge is 0.270 e. The highest BCUT2D eigenvalue weighted by atomic mass is 32.2. The molecule has 0 spiro atoms. The van der Waals surface area contributed by atoms with E-state index in [1.54, 1.807) is 18.2 Å². The minimum Gasteiger partial charge on any atom is -0.322 e. The van der Waals surface area contributed by atoms with E-state index < -0.39 is 10.8 Å². The SMILES string of the molecule is CCC(Sc1cccc(NC(=O)c2cccc([N+](=O)[O-])c2)c1)C(=O)Nc1nc(C)cs1. The highest BCUT2D eigenvalue weighted by Crippen LogP contribution is 2.29. The second-order valence-electron chi connectivity index (χ2n) is 6.59. The molecule has 0 saturated carbocycles. The molecule has 0 aliphatic heterocycles. The maximum absolute atomic E-state index is 12.6. The molecule has 1 unspecified atom stereocenters. The number of carbonyl (C=O) groups excluding carboxylic acids is 2. The number of nitro benzene ring substituents is 1. The second kappa shape index (κ2) is 10.2. The standard InChI is InChI=1S/C21H20N4O4S2/c1-3-18(20(27)24-21-22-13(2)12-30-21)31-17-9-5-7-15(11-17)23-19(26)14-6-4-8-16(10-14)25(28)29/h4-12,18H,3H2,1-2H3,(H,23,26)(H,22,24,27). The third-order valence-electron chi connectivity index (χ3n) is 4.20. The number of hydrogen-bond donors (Lipinski definition) is 2. The molecular formula is C21H20N4O4S2. The molecule has 1 heterocycles. The van der Waals surface area contributed by atoms with Gasteiger partial charge in [-0.15, -0.1) is 23.1 Å². The molecule has 31 heavy (non-hydrogen) atoms. The minimum atomic E-state index is -0.545. The molecule has 3 rings (SSSR count). The number of nitrogens with zero attached hydrogens (tertiary/aromatic N) is 2. The van der Waals surface area contributed by atoms with Gasteiger partial charge in [0.15, 0.2) is 5.13 Å². The fraction of sp³-hybridized carbons (Fsp3) is 0.190. The number of hydrogen-bond acceptors (Lipinski definition) is 7. The monoisotopic (exact) mass is 456 g/mol. The average molecular weight is 457 g/mol. The molecule has 0 fully saturated rings. The third-order valence-corrected chi connectivity index (χ3v) is 6.44. The maximum Gasteiger partial charge on any atom is 0.270 e. The average Bonchev–Trinajstić information content (AvgIpc) is 3.16. The van der Waals surface area contributed by atoms with E-state index in [-0.39, 0.29) is 22.4 Å². The molecule has 2 aromatic carbocycles. The van der Waals surface area contributed by atoms with E-state index >= 15 is 0 Å². The summed E-state index contributed by atoms with van der Waals surface area (Å²) in [6.45, 7) is 3.80. The molecule has 0 aliphatic carbocycles. The summed E-state index contributed by atoms with van der Waals surface area (Å²) in [5.41, 5.74) is 1.43. The van der Waals surface area contributed by atoms with Crippen LogP contribution >= 0.6 is 23.1 Å². The van der Waals surface area contributed by atoms with Gasteiger partial charge in [0.25, 0.3) is 11.6 Å². The van der Waals surface area contributed by atoms with Gasteiger partial charge in [0.05, 0.1) is 15.9 Å². The van der Waals surface area contributed by atoms with Gasteiger partial charge in [0.2, 0.25) is 5.91 Å². The van der Waals surface area contributed by atoms with Crippen molar-refractivity contribution in [3.8, 4) is 0 Å². The number of nitrogens with one attached hydrogen (secondary N) is 2. The molecule has 0 aliphatic rings. The van der Waals surface area contributed by atoms with Gasteiger partial charge in [-0.1, -0.05) is 19.1 Å². The van der Waals surface area contributed by atoms with Crippen LogP contribution in [-0.2, 0) is 4.79 Å². The van der Waals surface area contributed by atoms with E-state index in [2.05, 4.69) is 15.6 Å². The van der Waals surface area contributed by atoms with Crippen LogP contribution in [0.1, 0.15) is 29.4 Å². The van der Waals surface area contributed by atoms with Crippen molar-refractivity contribution in [2.75, 3.05) is 10.6 Å². The second-order valence-corrected chi connectivity index (χ2v) is 8.72. The Bertz CT molecular complexity index is 1120. The third kappa shape index (κ3) is 6.12. The number of thioether (sulfide) groups is 1. The van der Waals surface area contributed by atoms with Gasteiger partial charge in [0.1, 0.15) is 0 Å². The number of carbonyl (C=O) groups is 2. The van der Waals surface area contributed by atoms with Crippen LogP contribution in [0.25, 0.3) is 0 Å². The largest absolute Gasteiger partial charge is 0.322 e. The number of aromatic nitrogens is 1. The van der Waals surface area contributed by atoms with Crippen LogP contribution in [0.5, 0.6) is 0 Å². The first-order valence-corrected chi connectivity index (χ1v) is 11.2. The number of rotatable bonds is 8. The lowest BCUT2D eigenvalue weighted by Crippen LogP contribution is -2.24. The molecule has 10 heteroatoms. The molecular weight excluding hydrogens is 436 g/mol. The topological polar surface area (TPSA) is 114 Å². The van der Waals surface area contributed by atoms with E-state index in [0.29, 0.717) is 17.2 Å². The molecule has 3 aromatic rings. The Morgan fingerprint density at radius 1 is 1.19 bits per heavy atom. The van der Waals surface area contributed by atoms with Crippen LogP contribution in [0.4, 0.5) is 16.5 Å². The first-order valence-electron chi connectivity index (χ1n) is 9.41. The first-order chi connectivity index (χ1) is 14.9. The quantitative estimate of drug-likeness (QED) is 0.276. The number of thiazole rings is 1. The van der Waals surface area contributed by atoms with Crippen molar-refractivity contribution in [3.05, 3.63) is 75.3 Å². The Hall–Kier alpha value is -3.24. The lowest BCUT2D eigenvalue weighted by molar-refractivity contribution is -0.384. The summed E-state index contributed by atoms with van der Waals surface area (Å²) in [6.07, 6.45) is 0.616. The predicted octanol–water partition coefficient (Wildman–Crippen LogP) is 5.12. The van der Waals surface area contributed by atoms with Crippen LogP contribution in [0.15, 0.2) is 58.8 Å².